The molecule has 1 amide bonds. The number of nitrogens with one attached hydrogen (secondary N) is 1. The van der Waals surface area contributed by atoms with Gasteiger partial charge in [-0.2, -0.15) is 0 Å². The highest BCUT2D eigenvalue weighted by molar-refractivity contribution is 6.32. The molecular formula is C15H20ClNO3. The van der Waals surface area contributed by atoms with Crippen molar-refractivity contribution in [2.24, 2.45) is 5.92 Å². The van der Waals surface area contributed by atoms with Gasteiger partial charge in [0.1, 0.15) is 0 Å². The van der Waals surface area contributed by atoms with E-state index in [-0.39, 0.29) is 11.8 Å². The fourth-order valence-electron chi connectivity index (χ4n) is 2.15. The van der Waals surface area contributed by atoms with Gasteiger partial charge in [-0.15, -0.1) is 0 Å². The van der Waals surface area contributed by atoms with E-state index in [1.807, 2.05) is 13.0 Å². The summed E-state index contributed by atoms with van der Waals surface area (Å²) in [6, 6.07) is 5.38. The first-order valence-electron chi connectivity index (χ1n) is 7.02. The average molecular weight is 298 g/mol. The van der Waals surface area contributed by atoms with E-state index >= 15 is 0 Å². The summed E-state index contributed by atoms with van der Waals surface area (Å²) >= 11 is 6.14. The van der Waals surface area contributed by atoms with E-state index in [9.17, 15) is 4.79 Å². The Balaban J connectivity index is 2.07. The number of carbonyl (C=O) groups excluding carboxylic acids is 1. The summed E-state index contributed by atoms with van der Waals surface area (Å²) in [7, 11) is 0. The molecular weight excluding hydrogens is 278 g/mol. The summed E-state index contributed by atoms with van der Waals surface area (Å²) in [5.74, 6) is 0.565. The predicted molar refractivity (Wildman–Crippen MR) is 79.4 cm³/mol. The van der Waals surface area contributed by atoms with Crippen LogP contribution in [0.4, 0.5) is 5.69 Å². The Hall–Kier alpha value is -1.26. The molecule has 1 fully saturated rings. The van der Waals surface area contributed by atoms with E-state index in [1.54, 1.807) is 12.1 Å². The zero-order valence-electron chi connectivity index (χ0n) is 11.7. The molecule has 1 aliphatic rings. The van der Waals surface area contributed by atoms with Crippen LogP contribution in [0.25, 0.3) is 0 Å². The maximum Gasteiger partial charge on any atom is 0.227 e. The third kappa shape index (κ3) is 3.87. The van der Waals surface area contributed by atoms with Crippen LogP contribution in [0.15, 0.2) is 18.2 Å². The molecule has 1 aromatic carbocycles. The topological polar surface area (TPSA) is 47.6 Å². The lowest BCUT2D eigenvalue weighted by Gasteiger charge is -2.22. The second-order valence-corrected chi connectivity index (χ2v) is 5.25. The van der Waals surface area contributed by atoms with Gasteiger partial charge >= 0.3 is 0 Å². The Kier molecular flexibility index (Phi) is 5.68. The monoisotopic (exact) mass is 297 g/mol. The van der Waals surface area contributed by atoms with Crippen LogP contribution < -0.4 is 10.1 Å². The van der Waals surface area contributed by atoms with Crippen LogP contribution in [0.2, 0.25) is 5.02 Å². The minimum atomic E-state index is 0.00163. The number of para-hydroxylation sites is 1. The highest BCUT2D eigenvalue weighted by Crippen LogP contribution is 2.33. The van der Waals surface area contributed by atoms with Gasteiger partial charge in [0.05, 0.1) is 17.3 Å². The largest absolute Gasteiger partial charge is 0.490 e. The molecule has 0 unspecified atom stereocenters. The predicted octanol–water partition coefficient (Wildman–Crippen LogP) is 3.49. The molecule has 5 heteroatoms. The Morgan fingerprint density at radius 3 is 2.90 bits per heavy atom. The molecule has 20 heavy (non-hydrogen) atoms. The summed E-state index contributed by atoms with van der Waals surface area (Å²) < 4.78 is 10.9. The summed E-state index contributed by atoms with van der Waals surface area (Å²) in [5, 5.41) is 3.44. The minimum absolute atomic E-state index is 0.00163. The quantitative estimate of drug-likeness (QED) is 0.905. The summed E-state index contributed by atoms with van der Waals surface area (Å²) in [6.07, 6.45) is 2.41. The molecule has 1 heterocycles. The average Bonchev–Trinajstić information content (AvgIpc) is 2.47. The van der Waals surface area contributed by atoms with E-state index in [2.05, 4.69) is 5.32 Å². The van der Waals surface area contributed by atoms with Crippen molar-refractivity contribution in [3.63, 3.8) is 0 Å². The fraction of sp³-hybridized carbons (Fsp3) is 0.533. The van der Waals surface area contributed by atoms with Gasteiger partial charge in [0.2, 0.25) is 5.91 Å². The fourth-order valence-corrected chi connectivity index (χ4v) is 2.38. The number of anilines is 1. The first kappa shape index (κ1) is 15.1. The number of hydrogen-bond donors (Lipinski definition) is 1. The molecule has 110 valence electrons. The van der Waals surface area contributed by atoms with Crippen LogP contribution in [0.1, 0.15) is 26.2 Å². The minimum Gasteiger partial charge on any atom is -0.490 e. The Morgan fingerprint density at radius 2 is 2.20 bits per heavy atom. The molecule has 2 rings (SSSR count). The van der Waals surface area contributed by atoms with Crippen molar-refractivity contribution < 1.29 is 14.3 Å². The first-order valence-corrected chi connectivity index (χ1v) is 7.40. The molecule has 0 aliphatic carbocycles. The normalized spacial score (nSPS) is 15.9. The van der Waals surface area contributed by atoms with Crippen LogP contribution in [0.5, 0.6) is 5.75 Å². The highest BCUT2D eigenvalue weighted by atomic mass is 35.5. The van der Waals surface area contributed by atoms with Crippen LogP contribution in [0.3, 0.4) is 0 Å². The molecule has 0 aromatic heterocycles. The van der Waals surface area contributed by atoms with Crippen molar-refractivity contribution in [2.45, 2.75) is 26.2 Å². The number of benzene rings is 1. The number of hydrogen-bond acceptors (Lipinski definition) is 3. The van der Waals surface area contributed by atoms with Crippen molar-refractivity contribution in [2.75, 3.05) is 25.1 Å². The van der Waals surface area contributed by atoms with Crippen LogP contribution in [-0.2, 0) is 9.53 Å². The second-order valence-electron chi connectivity index (χ2n) is 4.84. The number of ether oxygens (including phenoxy) is 2. The van der Waals surface area contributed by atoms with Crippen molar-refractivity contribution in [1.29, 1.82) is 0 Å². The lowest BCUT2D eigenvalue weighted by molar-refractivity contribution is -0.122. The van der Waals surface area contributed by atoms with Gasteiger partial charge in [-0.25, -0.2) is 0 Å². The molecule has 0 atom stereocenters. The molecule has 1 N–H and O–H groups in total. The van der Waals surface area contributed by atoms with Gasteiger partial charge in [-0.05, 0) is 31.4 Å². The number of amides is 1. The SMILES string of the molecule is CCCOc1c(Cl)cccc1NC(=O)C1CCOCC1. The molecule has 1 aliphatic heterocycles. The van der Waals surface area contributed by atoms with Crippen molar-refractivity contribution >= 4 is 23.2 Å². The van der Waals surface area contributed by atoms with Gasteiger partial charge in [-0.3, -0.25) is 4.79 Å². The van der Waals surface area contributed by atoms with Gasteiger partial charge in [0.25, 0.3) is 0 Å². The standard InChI is InChI=1S/C15H20ClNO3/c1-2-8-20-14-12(16)4-3-5-13(14)17-15(18)11-6-9-19-10-7-11/h3-5,11H,2,6-10H2,1H3,(H,17,18). The molecule has 0 bridgehead atoms. The lowest BCUT2D eigenvalue weighted by atomic mass is 9.99. The molecule has 1 aromatic rings. The van der Waals surface area contributed by atoms with Crippen LogP contribution in [0, 0.1) is 5.92 Å². The molecule has 0 radical (unpaired) electrons. The zero-order chi connectivity index (χ0) is 14.4. The Labute approximate surface area is 124 Å². The molecule has 1 saturated heterocycles. The highest BCUT2D eigenvalue weighted by Gasteiger charge is 2.22. The molecule has 0 saturated carbocycles. The maximum absolute atomic E-state index is 12.2. The van der Waals surface area contributed by atoms with E-state index in [1.165, 1.54) is 0 Å². The first-order chi connectivity index (χ1) is 9.72. The van der Waals surface area contributed by atoms with E-state index in [4.69, 9.17) is 21.1 Å². The van der Waals surface area contributed by atoms with E-state index in [0.717, 1.165) is 19.3 Å². The van der Waals surface area contributed by atoms with E-state index < -0.39 is 0 Å². The summed E-state index contributed by atoms with van der Waals surface area (Å²) in [5.41, 5.74) is 0.641. The van der Waals surface area contributed by atoms with Crippen molar-refractivity contribution in [3.05, 3.63) is 23.2 Å². The number of rotatable bonds is 5. The van der Waals surface area contributed by atoms with Gasteiger partial charge in [-0.1, -0.05) is 24.6 Å². The second kappa shape index (κ2) is 7.50. The van der Waals surface area contributed by atoms with Crippen molar-refractivity contribution in [1.82, 2.24) is 0 Å². The zero-order valence-corrected chi connectivity index (χ0v) is 12.4. The lowest BCUT2D eigenvalue weighted by Crippen LogP contribution is -2.28. The van der Waals surface area contributed by atoms with Gasteiger partial charge in [0, 0.05) is 19.1 Å². The number of carbonyl (C=O) groups is 1. The summed E-state index contributed by atoms with van der Waals surface area (Å²) in [4.78, 5) is 12.2. The third-order valence-electron chi connectivity index (χ3n) is 3.27. The third-order valence-corrected chi connectivity index (χ3v) is 3.57. The number of halogens is 1. The van der Waals surface area contributed by atoms with Crippen LogP contribution >= 0.6 is 11.6 Å². The molecule has 4 nitrogen and oxygen atoms in total. The Bertz CT molecular complexity index is 458. The van der Waals surface area contributed by atoms with Gasteiger partial charge in [0.15, 0.2) is 5.75 Å². The van der Waals surface area contributed by atoms with Gasteiger partial charge < -0.3 is 14.8 Å². The molecule has 0 spiro atoms. The maximum atomic E-state index is 12.2. The van der Waals surface area contributed by atoms with Crippen LogP contribution in [-0.4, -0.2) is 25.7 Å². The summed E-state index contributed by atoms with van der Waals surface area (Å²) in [6.45, 7) is 3.89. The smallest absolute Gasteiger partial charge is 0.227 e. The van der Waals surface area contributed by atoms with E-state index in [0.29, 0.717) is 36.3 Å². The Morgan fingerprint density at radius 1 is 1.45 bits per heavy atom. The van der Waals surface area contributed by atoms with Crippen molar-refractivity contribution in [3.8, 4) is 5.75 Å².